The Morgan fingerprint density at radius 1 is 1.53 bits per heavy atom. The Labute approximate surface area is 108 Å². The minimum absolute atomic E-state index is 0.102. The van der Waals surface area contributed by atoms with Crippen LogP contribution in [0, 0.1) is 5.82 Å². The maximum atomic E-state index is 13.5. The number of carbonyl (C=O) groups is 1. The topological polar surface area (TPSA) is 62.2 Å². The Bertz CT molecular complexity index is 573. The Kier molecular flexibility index (Phi) is 3.39. The van der Waals surface area contributed by atoms with Crippen LogP contribution in [-0.2, 0) is 0 Å². The fourth-order valence-corrected chi connectivity index (χ4v) is 2.14. The molecule has 0 aliphatic rings. The highest BCUT2D eigenvalue weighted by Crippen LogP contribution is 2.26. The summed E-state index contributed by atoms with van der Waals surface area (Å²) in [6, 6.07) is 4.53. The Hall–Kier alpha value is -1.47. The molecule has 0 saturated heterocycles. The van der Waals surface area contributed by atoms with E-state index < -0.39 is 11.8 Å². The first-order valence-electron chi connectivity index (χ1n) is 4.47. The van der Waals surface area contributed by atoms with Crippen molar-refractivity contribution in [1.82, 2.24) is 4.98 Å². The van der Waals surface area contributed by atoms with E-state index in [1.54, 1.807) is 12.1 Å². The van der Waals surface area contributed by atoms with Crippen LogP contribution in [0.3, 0.4) is 0 Å². The molecule has 0 saturated carbocycles. The van der Waals surface area contributed by atoms with Gasteiger partial charge in [0.1, 0.15) is 10.7 Å². The van der Waals surface area contributed by atoms with Gasteiger partial charge in [-0.25, -0.2) is 14.2 Å². The fraction of sp³-hybridized carbons (Fsp3) is 0. The number of anilines is 2. The van der Waals surface area contributed by atoms with Gasteiger partial charge in [-0.1, -0.05) is 27.3 Å². The van der Waals surface area contributed by atoms with Gasteiger partial charge in [-0.05, 0) is 18.2 Å². The van der Waals surface area contributed by atoms with Gasteiger partial charge in [0, 0.05) is 4.47 Å². The van der Waals surface area contributed by atoms with E-state index >= 15 is 0 Å². The number of nitrogens with zero attached hydrogens (tertiary/aromatic N) is 1. The fourth-order valence-electron chi connectivity index (χ4n) is 1.14. The van der Waals surface area contributed by atoms with Crippen LogP contribution in [0.5, 0.6) is 0 Å². The van der Waals surface area contributed by atoms with Gasteiger partial charge in [-0.3, -0.25) is 0 Å². The molecule has 0 aliphatic carbocycles. The average Bonchev–Trinajstić information content (AvgIpc) is 2.71. The molecule has 0 aliphatic heterocycles. The van der Waals surface area contributed by atoms with E-state index in [9.17, 15) is 9.18 Å². The normalized spacial score (nSPS) is 10.2. The quantitative estimate of drug-likeness (QED) is 0.910. The molecule has 1 aromatic carbocycles. The summed E-state index contributed by atoms with van der Waals surface area (Å²) in [6.07, 6.45) is 1.23. The van der Waals surface area contributed by atoms with Crippen LogP contribution in [0.15, 0.2) is 28.9 Å². The van der Waals surface area contributed by atoms with Gasteiger partial charge in [-0.15, -0.1) is 0 Å². The van der Waals surface area contributed by atoms with Crippen molar-refractivity contribution in [3.8, 4) is 0 Å². The van der Waals surface area contributed by atoms with Crippen LogP contribution in [0.1, 0.15) is 9.67 Å². The van der Waals surface area contributed by atoms with Crippen molar-refractivity contribution in [3.05, 3.63) is 39.6 Å². The third-order valence-electron chi connectivity index (χ3n) is 1.89. The molecule has 0 bridgehead atoms. The molecule has 4 nitrogen and oxygen atoms in total. The second-order valence-electron chi connectivity index (χ2n) is 3.08. The molecule has 0 atom stereocenters. The maximum absolute atomic E-state index is 13.5. The summed E-state index contributed by atoms with van der Waals surface area (Å²) < 4.78 is 14.1. The molecule has 0 radical (unpaired) electrons. The molecular formula is C10H6BrFN2O2S. The van der Waals surface area contributed by atoms with E-state index in [1.165, 1.54) is 12.3 Å². The molecule has 0 amide bonds. The zero-order valence-corrected chi connectivity index (χ0v) is 10.7. The second-order valence-corrected chi connectivity index (χ2v) is 5.03. The SMILES string of the molecule is O=C(O)c1cnc(Nc2ccc(Br)cc2F)s1. The summed E-state index contributed by atoms with van der Waals surface area (Å²) in [5.74, 6) is -1.49. The first-order chi connectivity index (χ1) is 8.06. The molecule has 2 aromatic rings. The zero-order chi connectivity index (χ0) is 12.4. The minimum atomic E-state index is -1.05. The number of nitrogens with one attached hydrogen (secondary N) is 1. The van der Waals surface area contributed by atoms with Crippen molar-refractivity contribution >= 4 is 44.1 Å². The smallest absolute Gasteiger partial charge is 0.347 e. The number of rotatable bonds is 3. The van der Waals surface area contributed by atoms with Gasteiger partial charge < -0.3 is 10.4 Å². The van der Waals surface area contributed by atoms with Crippen molar-refractivity contribution in [2.24, 2.45) is 0 Å². The Morgan fingerprint density at radius 3 is 2.88 bits per heavy atom. The Balaban J connectivity index is 2.22. The summed E-state index contributed by atoms with van der Waals surface area (Å²) >= 11 is 4.09. The second kappa shape index (κ2) is 4.80. The van der Waals surface area contributed by atoms with Crippen LogP contribution in [0.2, 0.25) is 0 Å². The average molecular weight is 317 g/mol. The number of hydrogen-bond donors (Lipinski definition) is 2. The molecule has 2 N–H and O–H groups in total. The van der Waals surface area contributed by atoms with Gasteiger partial charge in [0.2, 0.25) is 0 Å². The zero-order valence-electron chi connectivity index (χ0n) is 8.28. The van der Waals surface area contributed by atoms with E-state index in [2.05, 4.69) is 26.2 Å². The lowest BCUT2D eigenvalue weighted by atomic mass is 10.3. The lowest BCUT2D eigenvalue weighted by Gasteiger charge is -2.03. The third kappa shape index (κ3) is 2.80. The number of thiazole rings is 1. The highest BCUT2D eigenvalue weighted by Gasteiger charge is 2.10. The predicted octanol–water partition coefficient (Wildman–Crippen LogP) is 3.49. The van der Waals surface area contributed by atoms with Crippen molar-refractivity contribution in [3.63, 3.8) is 0 Å². The van der Waals surface area contributed by atoms with Crippen LogP contribution in [-0.4, -0.2) is 16.1 Å². The molecule has 17 heavy (non-hydrogen) atoms. The monoisotopic (exact) mass is 316 g/mol. The minimum Gasteiger partial charge on any atom is -0.477 e. The highest BCUT2D eigenvalue weighted by atomic mass is 79.9. The first-order valence-corrected chi connectivity index (χ1v) is 6.08. The number of halogens is 2. The molecule has 0 unspecified atom stereocenters. The van der Waals surface area contributed by atoms with Crippen LogP contribution < -0.4 is 5.32 Å². The van der Waals surface area contributed by atoms with Crippen LogP contribution in [0.4, 0.5) is 15.2 Å². The van der Waals surface area contributed by atoms with Gasteiger partial charge >= 0.3 is 5.97 Å². The number of aromatic nitrogens is 1. The van der Waals surface area contributed by atoms with Gasteiger partial charge in [0.25, 0.3) is 0 Å². The summed E-state index contributed by atoms with van der Waals surface area (Å²) in [4.78, 5) is 14.6. The summed E-state index contributed by atoms with van der Waals surface area (Å²) in [6.45, 7) is 0. The summed E-state index contributed by atoms with van der Waals surface area (Å²) in [5.41, 5.74) is 0.250. The van der Waals surface area contributed by atoms with Crippen molar-refractivity contribution < 1.29 is 14.3 Å². The molecule has 1 heterocycles. The number of hydrogen-bond acceptors (Lipinski definition) is 4. The van der Waals surface area contributed by atoms with Gasteiger partial charge in [0.15, 0.2) is 5.13 Å². The lowest BCUT2D eigenvalue weighted by molar-refractivity contribution is 0.0702. The van der Waals surface area contributed by atoms with E-state index in [0.717, 1.165) is 11.3 Å². The summed E-state index contributed by atoms with van der Waals surface area (Å²) in [5, 5.41) is 11.8. The van der Waals surface area contributed by atoms with Gasteiger partial charge in [0.05, 0.1) is 11.9 Å². The number of aromatic carboxylic acids is 1. The van der Waals surface area contributed by atoms with Gasteiger partial charge in [-0.2, -0.15) is 0 Å². The maximum Gasteiger partial charge on any atom is 0.347 e. The number of carboxylic acid groups (broad SMARTS) is 1. The molecule has 2 rings (SSSR count). The molecule has 1 aromatic heterocycles. The largest absolute Gasteiger partial charge is 0.477 e. The van der Waals surface area contributed by atoms with E-state index in [-0.39, 0.29) is 10.6 Å². The molecular weight excluding hydrogens is 311 g/mol. The predicted molar refractivity (Wildman–Crippen MR) is 66.5 cm³/mol. The Morgan fingerprint density at radius 2 is 2.29 bits per heavy atom. The molecule has 0 spiro atoms. The van der Waals surface area contributed by atoms with Crippen LogP contribution in [0.25, 0.3) is 0 Å². The standard InChI is InChI=1S/C10H6BrFN2O2S/c11-5-1-2-7(6(12)3-5)14-10-13-4-8(17-10)9(15)16/h1-4H,(H,13,14)(H,15,16). The third-order valence-corrected chi connectivity index (χ3v) is 3.28. The molecule has 88 valence electrons. The van der Waals surface area contributed by atoms with Crippen LogP contribution >= 0.6 is 27.3 Å². The molecule has 7 heteroatoms. The number of benzene rings is 1. The summed E-state index contributed by atoms with van der Waals surface area (Å²) in [7, 11) is 0. The number of carboxylic acids is 1. The highest BCUT2D eigenvalue weighted by molar-refractivity contribution is 9.10. The molecule has 0 fully saturated rings. The first kappa shape index (κ1) is 12.0. The van der Waals surface area contributed by atoms with Crippen molar-refractivity contribution in [1.29, 1.82) is 0 Å². The van der Waals surface area contributed by atoms with E-state index in [4.69, 9.17) is 5.11 Å². The lowest BCUT2D eigenvalue weighted by Crippen LogP contribution is -1.92. The van der Waals surface area contributed by atoms with Crippen molar-refractivity contribution in [2.75, 3.05) is 5.32 Å². The van der Waals surface area contributed by atoms with Crippen molar-refractivity contribution in [2.45, 2.75) is 0 Å². The van der Waals surface area contributed by atoms with E-state index in [1.807, 2.05) is 0 Å². The van der Waals surface area contributed by atoms with E-state index in [0.29, 0.717) is 9.60 Å².